The van der Waals surface area contributed by atoms with Crippen LogP contribution < -0.4 is 0 Å². The fourth-order valence-corrected chi connectivity index (χ4v) is 4.06. The maximum absolute atomic E-state index is 5.67. The van der Waals surface area contributed by atoms with Gasteiger partial charge in [0.25, 0.3) is 0 Å². The summed E-state index contributed by atoms with van der Waals surface area (Å²) >= 11 is 0. The van der Waals surface area contributed by atoms with Crippen LogP contribution in [0.4, 0.5) is 0 Å². The van der Waals surface area contributed by atoms with Crippen LogP contribution in [0.2, 0.25) is 0 Å². The van der Waals surface area contributed by atoms with E-state index >= 15 is 0 Å². The fraction of sp³-hybridized carbons (Fsp3) is 0.733. The van der Waals surface area contributed by atoms with E-state index in [1.165, 1.54) is 36.8 Å². The number of ether oxygens (including phenoxy) is 1. The molecule has 2 unspecified atom stereocenters. The van der Waals surface area contributed by atoms with Gasteiger partial charge >= 0.3 is 0 Å². The Hall–Kier alpha value is -0.560. The van der Waals surface area contributed by atoms with Crippen molar-refractivity contribution in [2.45, 2.75) is 51.7 Å². The van der Waals surface area contributed by atoms with Gasteiger partial charge in [-0.05, 0) is 49.9 Å². The van der Waals surface area contributed by atoms with Gasteiger partial charge in [0.05, 0.1) is 12.2 Å². The molecule has 16 heavy (non-hydrogen) atoms. The molecule has 2 saturated carbocycles. The lowest BCUT2D eigenvalue weighted by molar-refractivity contribution is 0.0982. The number of rotatable bonds is 1. The normalized spacial score (nSPS) is 50.5. The van der Waals surface area contributed by atoms with Crippen molar-refractivity contribution in [3.8, 4) is 0 Å². The van der Waals surface area contributed by atoms with Crippen LogP contribution in [-0.4, -0.2) is 12.2 Å². The summed E-state index contributed by atoms with van der Waals surface area (Å²) < 4.78 is 5.67. The molecule has 88 valence electrons. The molecule has 3 aliphatic rings. The highest BCUT2D eigenvalue weighted by molar-refractivity contribution is 5.26. The molecule has 0 aromatic heterocycles. The quantitative estimate of drug-likeness (QED) is 0.483. The molecule has 1 heterocycles. The van der Waals surface area contributed by atoms with Gasteiger partial charge in [0.1, 0.15) is 0 Å². The number of fused-ring (bicyclic) bond motifs is 1. The van der Waals surface area contributed by atoms with Crippen molar-refractivity contribution in [1.29, 1.82) is 0 Å². The zero-order valence-electron chi connectivity index (χ0n) is 10.5. The second kappa shape index (κ2) is 3.22. The van der Waals surface area contributed by atoms with Gasteiger partial charge in [-0.25, -0.2) is 0 Å². The van der Waals surface area contributed by atoms with Crippen molar-refractivity contribution in [3.63, 3.8) is 0 Å². The van der Waals surface area contributed by atoms with Gasteiger partial charge in [-0.2, -0.15) is 0 Å². The van der Waals surface area contributed by atoms with E-state index < -0.39 is 0 Å². The number of hydrogen-bond acceptors (Lipinski definition) is 1. The van der Waals surface area contributed by atoms with E-state index in [0.717, 1.165) is 0 Å². The molecule has 0 N–H and O–H groups in total. The Bertz CT molecular complexity index is 356. The van der Waals surface area contributed by atoms with Crippen LogP contribution in [0.15, 0.2) is 24.3 Å². The molecular formula is C15H22O. The van der Waals surface area contributed by atoms with E-state index in [9.17, 15) is 0 Å². The largest absolute Gasteiger partial charge is 0.369 e. The van der Waals surface area contributed by atoms with E-state index in [1.54, 1.807) is 0 Å². The van der Waals surface area contributed by atoms with Crippen LogP contribution in [0.5, 0.6) is 0 Å². The molecule has 0 amide bonds. The summed E-state index contributed by atoms with van der Waals surface area (Å²) in [5.74, 6) is 1.39. The zero-order chi connectivity index (χ0) is 11.5. The van der Waals surface area contributed by atoms with Gasteiger partial charge in [-0.3, -0.25) is 0 Å². The minimum absolute atomic E-state index is 0.384. The standard InChI is InChI=1S/C15H22O/c1-9(2)12-6-5-10(3)15(7-12)8-13-14(16-13)11(15)4/h11-14H,1,3,5-8H2,2,4H3/t11-,12-,13?,14?,15+/m0/s1. The average Bonchev–Trinajstić information content (AvgIpc) is 2.93. The second-order valence-electron chi connectivity index (χ2n) is 6.18. The number of epoxide rings is 1. The lowest BCUT2D eigenvalue weighted by Crippen LogP contribution is -2.36. The predicted molar refractivity (Wildman–Crippen MR) is 66.2 cm³/mol. The molecular weight excluding hydrogens is 196 g/mol. The number of allylic oxidation sites excluding steroid dienone is 2. The first kappa shape index (κ1) is 10.6. The highest BCUT2D eigenvalue weighted by Gasteiger charge is 2.62. The predicted octanol–water partition coefficient (Wildman–Crippen LogP) is 3.71. The molecule has 0 aromatic carbocycles. The monoisotopic (exact) mass is 218 g/mol. The van der Waals surface area contributed by atoms with Crippen LogP contribution in [0.3, 0.4) is 0 Å². The smallest absolute Gasteiger partial charge is 0.0876 e. The first-order valence-electron chi connectivity index (χ1n) is 6.54. The van der Waals surface area contributed by atoms with Gasteiger partial charge in [0, 0.05) is 0 Å². The summed E-state index contributed by atoms with van der Waals surface area (Å²) in [4.78, 5) is 0. The minimum atomic E-state index is 0.384. The lowest BCUT2D eigenvalue weighted by atomic mass is 9.61. The fourth-order valence-electron chi connectivity index (χ4n) is 4.06. The molecule has 1 heteroatoms. The first-order valence-corrected chi connectivity index (χ1v) is 6.54. The van der Waals surface area contributed by atoms with Crippen molar-refractivity contribution in [2.75, 3.05) is 0 Å². The van der Waals surface area contributed by atoms with Gasteiger partial charge in [0.15, 0.2) is 0 Å². The Kier molecular flexibility index (Phi) is 2.13. The SMILES string of the molecule is C=C(C)[C@H]1CCC(=C)[C@]2(CC3OC3[C@@H]2C)C1. The molecule has 1 nitrogen and oxygen atoms in total. The van der Waals surface area contributed by atoms with E-state index in [4.69, 9.17) is 4.74 Å². The Morgan fingerprint density at radius 2 is 2.19 bits per heavy atom. The van der Waals surface area contributed by atoms with Crippen molar-refractivity contribution in [1.82, 2.24) is 0 Å². The Morgan fingerprint density at radius 3 is 2.75 bits per heavy atom. The van der Waals surface area contributed by atoms with Crippen LogP contribution in [-0.2, 0) is 4.74 Å². The van der Waals surface area contributed by atoms with Gasteiger partial charge < -0.3 is 4.74 Å². The summed E-state index contributed by atoms with van der Waals surface area (Å²) in [7, 11) is 0. The molecule has 3 fully saturated rings. The Morgan fingerprint density at radius 1 is 1.44 bits per heavy atom. The van der Waals surface area contributed by atoms with Crippen LogP contribution in [0, 0.1) is 17.3 Å². The third-order valence-corrected chi connectivity index (χ3v) is 5.36. The molecule has 0 aromatic rings. The van der Waals surface area contributed by atoms with E-state index in [2.05, 4.69) is 27.0 Å². The maximum Gasteiger partial charge on any atom is 0.0876 e. The topological polar surface area (TPSA) is 12.5 Å². The first-order chi connectivity index (χ1) is 7.54. The molecule has 0 bridgehead atoms. The van der Waals surface area contributed by atoms with E-state index in [0.29, 0.717) is 29.5 Å². The van der Waals surface area contributed by atoms with Crippen LogP contribution in [0.25, 0.3) is 0 Å². The lowest BCUT2D eigenvalue weighted by Gasteiger charge is -2.44. The van der Waals surface area contributed by atoms with Crippen LogP contribution >= 0.6 is 0 Å². The average molecular weight is 218 g/mol. The van der Waals surface area contributed by atoms with Crippen molar-refractivity contribution < 1.29 is 4.74 Å². The van der Waals surface area contributed by atoms with E-state index in [-0.39, 0.29) is 0 Å². The van der Waals surface area contributed by atoms with E-state index in [1.807, 2.05) is 0 Å². The molecule has 5 atom stereocenters. The van der Waals surface area contributed by atoms with Crippen LogP contribution in [0.1, 0.15) is 39.5 Å². The van der Waals surface area contributed by atoms with Crippen molar-refractivity contribution in [3.05, 3.63) is 24.3 Å². The summed E-state index contributed by atoms with van der Waals surface area (Å²) in [5.41, 5.74) is 3.24. The van der Waals surface area contributed by atoms with Gasteiger partial charge in [-0.15, -0.1) is 0 Å². The summed E-state index contributed by atoms with van der Waals surface area (Å²) in [6.45, 7) is 13.1. The third-order valence-electron chi connectivity index (χ3n) is 5.36. The molecule has 1 aliphatic heterocycles. The van der Waals surface area contributed by atoms with Crippen molar-refractivity contribution >= 4 is 0 Å². The Labute approximate surface area is 98.6 Å². The third kappa shape index (κ3) is 1.27. The molecule has 1 saturated heterocycles. The summed E-state index contributed by atoms with van der Waals surface area (Å²) in [6, 6.07) is 0. The maximum atomic E-state index is 5.67. The molecule has 0 radical (unpaired) electrons. The second-order valence-corrected chi connectivity index (χ2v) is 6.18. The Balaban J connectivity index is 1.87. The highest BCUT2D eigenvalue weighted by atomic mass is 16.6. The molecule has 2 aliphatic carbocycles. The highest BCUT2D eigenvalue weighted by Crippen LogP contribution is 2.63. The summed E-state index contributed by atoms with van der Waals surface area (Å²) in [6.07, 6.45) is 6.05. The minimum Gasteiger partial charge on any atom is -0.369 e. The van der Waals surface area contributed by atoms with Gasteiger partial charge in [0.2, 0.25) is 0 Å². The summed E-state index contributed by atoms with van der Waals surface area (Å²) in [5, 5.41) is 0. The van der Waals surface area contributed by atoms with Gasteiger partial charge in [-0.1, -0.05) is 31.2 Å². The van der Waals surface area contributed by atoms with Crippen molar-refractivity contribution in [2.24, 2.45) is 17.3 Å². The number of hydrogen-bond donors (Lipinski definition) is 0. The molecule has 3 rings (SSSR count). The molecule has 1 spiro atoms. The zero-order valence-corrected chi connectivity index (χ0v) is 10.5.